The highest BCUT2D eigenvalue weighted by atomic mass is 79.9. The van der Waals surface area contributed by atoms with Gasteiger partial charge in [-0.2, -0.15) is 0 Å². The molecular weight excluding hydrogens is 250 g/mol. The van der Waals surface area contributed by atoms with E-state index in [-0.39, 0.29) is 0 Å². The molecule has 0 saturated carbocycles. The molecule has 0 fully saturated rings. The molecule has 2 aromatic rings. The summed E-state index contributed by atoms with van der Waals surface area (Å²) < 4.78 is 5.30. The number of aromatic nitrogens is 3. The van der Waals surface area contributed by atoms with Crippen molar-refractivity contribution in [1.29, 1.82) is 0 Å². The van der Waals surface area contributed by atoms with Crippen LogP contribution in [0.4, 0.5) is 0 Å². The first-order chi connectivity index (χ1) is 6.74. The molecule has 0 spiro atoms. The van der Waals surface area contributed by atoms with Gasteiger partial charge < -0.3 is 9.63 Å². The molecule has 0 unspecified atom stereocenters. The van der Waals surface area contributed by atoms with Crippen LogP contribution >= 0.6 is 15.9 Å². The van der Waals surface area contributed by atoms with E-state index in [9.17, 15) is 5.11 Å². The van der Waals surface area contributed by atoms with Gasteiger partial charge in [-0.05, 0) is 12.1 Å². The van der Waals surface area contributed by atoms with E-state index in [1.807, 2.05) is 24.3 Å². The normalized spacial score (nSPS) is 10.4. The smallest absolute Gasteiger partial charge is 0.247 e. The van der Waals surface area contributed by atoms with Gasteiger partial charge in [0, 0.05) is 19.9 Å². The average molecular weight is 256 g/mol. The van der Waals surface area contributed by atoms with Gasteiger partial charge in [-0.25, -0.2) is 0 Å². The van der Waals surface area contributed by atoms with Gasteiger partial charge in [0.15, 0.2) is 0 Å². The lowest BCUT2D eigenvalue weighted by atomic mass is 10.2. The van der Waals surface area contributed by atoms with Gasteiger partial charge in [0.05, 0.1) is 0 Å². The molecule has 2 rings (SSSR count). The monoisotopic (exact) mass is 255 g/mol. The molecular formula is C8H6BrN3O2. The Morgan fingerprint density at radius 3 is 2.64 bits per heavy atom. The van der Waals surface area contributed by atoms with Crippen LogP contribution < -0.4 is 9.90 Å². The maximum absolute atomic E-state index is 10.6. The van der Waals surface area contributed by atoms with E-state index in [0.717, 1.165) is 10.0 Å². The van der Waals surface area contributed by atoms with Gasteiger partial charge in [-0.3, -0.25) is 0 Å². The van der Waals surface area contributed by atoms with Crippen LogP contribution in [-0.4, -0.2) is 10.4 Å². The molecule has 1 heterocycles. The molecule has 72 valence electrons. The lowest BCUT2D eigenvalue weighted by molar-refractivity contribution is -0.805. The summed E-state index contributed by atoms with van der Waals surface area (Å²) in [5.41, 5.74) is 0.999. The second kappa shape index (κ2) is 3.75. The van der Waals surface area contributed by atoms with Crippen LogP contribution in [0.2, 0.25) is 0 Å². The summed E-state index contributed by atoms with van der Waals surface area (Å²) >= 11 is 3.33. The lowest BCUT2D eigenvalue weighted by Crippen LogP contribution is -2.39. The summed E-state index contributed by atoms with van der Waals surface area (Å²) in [4.78, 5) is 1.21. The van der Waals surface area contributed by atoms with E-state index in [2.05, 4.69) is 30.8 Å². The number of hydrogen-bond donors (Lipinski definition) is 0. The number of rotatable bonds is 2. The van der Waals surface area contributed by atoms with Crippen molar-refractivity contribution < 1.29 is 14.4 Å². The molecule has 0 aliphatic rings. The summed E-state index contributed by atoms with van der Waals surface area (Å²) in [6, 6.07) is 7.65. The summed E-state index contributed by atoms with van der Waals surface area (Å²) in [7, 11) is 0. The minimum Gasteiger partial charge on any atom is -0.523 e. The highest BCUT2D eigenvalue weighted by Crippen LogP contribution is 2.09. The first-order valence-electron chi connectivity index (χ1n) is 3.89. The zero-order chi connectivity index (χ0) is 9.97. The third-order valence-corrected chi connectivity index (χ3v) is 2.18. The van der Waals surface area contributed by atoms with Crippen molar-refractivity contribution in [2.45, 2.75) is 6.54 Å². The fraction of sp³-hybridized carbons (Fsp3) is 0.125. The molecule has 5 nitrogen and oxygen atoms in total. The van der Waals surface area contributed by atoms with Crippen LogP contribution in [0, 0.1) is 0 Å². The molecule has 0 aliphatic carbocycles. The van der Waals surface area contributed by atoms with Crippen molar-refractivity contribution in [1.82, 2.24) is 10.4 Å². The number of benzene rings is 1. The average Bonchev–Trinajstić information content (AvgIpc) is 2.56. The van der Waals surface area contributed by atoms with E-state index >= 15 is 0 Å². The molecule has 14 heavy (non-hydrogen) atoms. The SMILES string of the molecule is [O-]c1n[n+](Cc2ccc(Br)cc2)no1. The zero-order valence-electron chi connectivity index (χ0n) is 7.05. The predicted molar refractivity (Wildman–Crippen MR) is 47.2 cm³/mol. The molecule has 1 aromatic carbocycles. The van der Waals surface area contributed by atoms with Gasteiger partial charge in [0.25, 0.3) is 0 Å². The quantitative estimate of drug-likeness (QED) is 0.722. The number of halogens is 1. The molecule has 0 amide bonds. The molecule has 1 aromatic heterocycles. The van der Waals surface area contributed by atoms with Crippen molar-refractivity contribution in [3.8, 4) is 6.08 Å². The first-order valence-corrected chi connectivity index (χ1v) is 4.69. The third kappa shape index (κ3) is 2.08. The maximum atomic E-state index is 10.6. The second-order valence-electron chi connectivity index (χ2n) is 2.70. The van der Waals surface area contributed by atoms with E-state index < -0.39 is 6.08 Å². The summed E-state index contributed by atoms with van der Waals surface area (Å²) in [6.45, 7) is 0.430. The van der Waals surface area contributed by atoms with Crippen LogP contribution in [-0.2, 0) is 6.54 Å². The summed E-state index contributed by atoms with van der Waals surface area (Å²) in [5, 5.41) is 17.5. The van der Waals surface area contributed by atoms with Crippen molar-refractivity contribution >= 4 is 15.9 Å². The van der Waals surface area contributed by atoms with Crippen LogP contribution in [0.25, 0.3) is 0 Å². The molecule has 0 atom stereocenters. The van der Waals surface area contributed by atoms with Gasteiger partial charge in [0.2, 0.25) is 12.6 Å². The Kier molecular flexibility index (Phi) is 2.45. The number of hydrogen-bond acceptors (Lipinski definition) is 4. The molecule has 0 aliphatic heterocycles. The Bertz CT molecular complexity index is 426. The van der Waals surface area contributed by atoms with Gasteiger partial charge in [-0.15, -0.1) is 0 Å². The standard InChI is InChI=1S/C8H6BrN3O2/c9-7-3-1-6(2-4-7)5-12-10-8(13)14-11-12/h1-4H,5H2. The van der Waals surface area contributed by atoms with Crippen molar-refractivity contribution in [3.63, 3.8) is 0 Å². The van der Waals surface area contributed by atoms with Gasteiger partial charge in [-0.1, -0.05) is 28.1 Å². The summed E-state index contributed by atoms with van der Waals surface area (Å²) in [5.74, 6) is 0. The van der Waals surface area contributed by atoms with Crippen LogP contribution in [0.15, 0.2) is 33.3 Å². The van der Waals surface area contributed by atoms with Crippen LogP contribution in [0.3, 0.4) is 0 Å². The largest absolute Gasteiger partial charge is 0.523 e. The highest BCUT2D eigenvalue weighted by Gasteiger charge is 2.07. The van der Waals surface area contributed by atoms with E-state index in [0.29, 0.717) is 6.54 Å². The summed E-state index contributed by atoms with van der Waals surface area (Å²) in [6.07, 6.45) is -0.679. The van der Waals surface area contributed by atoms with Crippen molar-refractivity contribution in [3.05, 3.63) is 34.3 Å². The minimum atomic E-state index is -0.679. The Labute approximate surface area is 88.1 Å². The van der Waals surface area contributed by atoms with Gasteiger partial charge in [0.1, 0.15) is 5.27 Å². The molecule has 0 saturated heterocycles. The van der Waals surface area contributed by atoms with Crippen LogP contribution in [0.1, 0.15) is 5.56 Å². The van der Waals surface area contributed by atoms with Crippen LogP contribution in [0.5, 0.6) is 6.08 Å². The predicted octanol–water partition coefficient (Wildman–Crippen LogP) is 0.241. The third-order valence-electron chi connectivity index (χ3n) is 1.65. The molecule has 0 N–H and O–H groups in total. The van der Waals surface area contributed by atoms with Gasteiger partial charge >= 0.3 is 0 Å². The van der Waals surface area contributed by atoms with E-state index in [1.54, 1.807) is 0 Å². The Morgan fingerprint density at radius 1 is 1.36 bits per heavy atom. The lowest BCUT2D eigenvalue weighted by Gasteiger charge is -1.92. The van der Waals surface area contributed by atoms with Crippen molar-refractivity contribution in [2.75, 3.05) is 0 Å². The minimum absolute atomic E-state index is 0.430. The maximum Gasteiger partial charge on any atom is 0.247 e. The topological polar surface area (TPSA) is 65.9 Å². The highest BCUT2D eigenvalue weighted by molar-refractivity contribution is 9.10. The van der Waals surface area contributed by atoms with Crippen molar-refractivity contribution in [2.24, 2.45) is 0 Å². The second-order valence-corrected chi connectivity index (χ2v) is 3.61. The van der Waals surface area contributed by atoms with E-state index in [4.69, 9.17) is 0 Å². The Hall–Kier alpha value is -1.43. The fourth-order valence-electron chi connectivity index (χ4n) is 1.03. The molecule has 6 heteroatoms. The molecule has 0 bridgehead atoms. The Balaban J connectivity index is 2.15. The Morgan fingerprint density at radius 2 is 2.07 bits per heavy atom. The molecule has 0 radical (unpaired) electrons. The number of nitrogens with zero attached hydrogens (tertiary/aromatic N) is 3. The zero-order valence-corrected chi connectivity index (χ0v) is 8.64. The fourth-order valence-corrected chi connectivity index (χ4v) is 1.29. The first kappa shape index (κ1) is 9.14. The van der Waals surface area contributed by atoms with E-state index in [1.165, 1.54) is 4.80 Å².